The number of hydrogen-bond donors (Lipinski definition) is 1. The minimum Gasteiger partial charge on any atom is -0.398 e. The number of nitrogens with two attached hydrogens (primary N) is 1. The Morgan fingerprint density at radius 1 is 1.53 bits per heavy atom. The van der Waals surface area contributed by atoms with E-state index >= 15 is 0 Å². The van der Waals surface area contributed by atoms with E-state index in [-0.39, 0.29) is 0 Å². The molecule has 1 aliphatic heterocycles. The Hall–Kier alpha value is -0.730. The first-order chi connectivity index (χ1) is 7.15. The van der Waals surface area contributed by atoms with E-state index in [4.69, 9.17) is 17.3 Å². The summed E-state index contributed by atoms with van der Waals surface area (Å²) in [5.41, 5.74) is 7.59. The van der Waals surface area contributed by atoms with Gasteiger partial charge in [-0.25, -0.2) is 0 Å². The molecule has 2 rings (SSSR count). The Morgan fingerprint density at radius 3 is 2.93 bits per heavy atom. The summed E-state index contributed by atoms with van der Waals surface area (Å²) in [5, 5.41) is 0.666. The summed E-state index contributed by atoms with van der Waals surface area (Å²) in [5.74, 6) is 0.828. The Bertz CT molecular complexity index is 351. The van der Waals surface area contributed by atoms with E-state index in [1.165, 1.54) is 25.1 Å². The molecule has 1 saturated heterocycles. The molecule has 0 radical (unpaired) electrons. The van der Waals surface area contributed by atoms with Gasteiger partial charge in [0.1, 0.15) is 0 Å². The van der Waals surface area contributed by atoms with Gasteiger partial charge in [0.25, 0.3) is 0 Å². The highest BCUT2D eigenvalue weighted by atomic mass is 35.5. The number of anilines is 1. The van der Waals surface area contributed by atoms with Gasteiger partial charge in [0.15, 0.2) is 0 Å². The van der Waals surface area contributed by atoms with Crippen LogP contribution in [0.3, 0.4) is 0 Å². The molecule has 2 N–H and O–H groups in total. The maximum atomic E-state index is 5.98. The molecule has 1 aliphatic rings. The molecule has 3 heteroatoms. The molecule has 1 aromatic carbocycles. The van der Waals surface area contributed by atoms with Crippen LogP contribution in [0, 0.1) is 5.92 Å². The van der Waals surface area contributed by atoms with Crippen molar-refractivity contribution in [3.63, 3.8) is 0 Å². The van der Waals surface area contributed by atoms with Crippen LogP contribution in [-0.2, 0) is 6.54 Å². The molecule has 82 valence electrons. The van der Waals surface area contributed by atoms with Gasteiger partial charge in [-0.1, -0.05) is 24.6 Å². The summed E-state index contributed by atoms with van der Waals surface area (Å²) < 4.78 is 0. The second-order valence-electron chi connectivity index (χ2n) is 4.48. The minimum absolute atomic E-state index is 0.662. The van der Waals surface area contributed by atoms with E-state index in [2.05, 4.69) is 17.9 Å². The van der Waals surface area contributed by atoms with Gasteiger partial charge >= 0.3 is 0 Å². The van der Waals surface area contributed by atoms with Gasteiger partial charge in [-0.05, 0) is 36.6 Å². The Morgan fingerprint density at radius 2 is 2.33 bits per heavy atom. The van der Waals surface area contributed by atoms with Crippen molar-refractivity contribution in [2.24, 2.45) is 5.92 Å². The van der Waals surface area contributed by atoms with Gasteiger partial charge in [-0.2, -0.15) is 0 Å². The lowest BCUT2D eigenvalue weighted by Crippen LogP contribution is -2.19. The molecule has 0 amide bonds. The number of benzene rings is 1. The van der Waals surface area contributed by atoms with Crippen LogP contribution in [0.2, 0.25) is 5.02 Å². The van der Waals surface area contributed by atoms with Crippen LogP contribution in [0.1, 0.15) is 18.9 Å². The first-order valence-corrected chi connectivity index (χ1v) is 5.79. The van der Waals surface area contributed by atoms with E-state index in [1.54, 1.807) is 0 Å². The van der Waals surface area contributed by atoms with Crippen LogP contribution in [0.25, 0.3) is 0 Å². The summed E-state index contributed by atoms with van der Waals surface area (Å²) in [6, 6.07) is 5.92. The third-order valence-corrected chi connectivity index (χ3v) is 3.31. The maximum absolute atomic E-state index is 5.98. The SMILES string of the molecule is CC1CCN(Cc2ccc(N)c(Cl)c2)C1. The summed E-state index contributed by atoms with van der Waals surface area (Å²) in [6.07, 6.45) is 1.31. The molecule has 1 heterocycles. The fraction of sp³-hybridized carbons (Fsp3) is 0.500. The molecule has 0 saturated carbocycles. The van der Waals surface area contributed by atoms with Crippen molar-refractivity contribution in [1.29, 1.82) is 0 Å². The maximum Gasteiger partial charge on any atom is 0.0638 e. The zero-order chi connectivity index (χ0) is 10.8. The van der Waals surface area contributed by atoms with E-state index in [9.17, 15) is 0 Å². The quantitative estimate of drug-likeness (QED) is 0.783. The number of nitrogens with zero attached hydrogens (tertiary/aromatic N) is 1. The monoisotopic (exact) mass is 224 g/mol. The van der Waals surface area contributed by atoms with Crippen molar-refractivity contribution in [1.82, 2.24) is 4.90 Å². The van der Waals surface area contributed by atoms with Gasteiger partial charge < -0.3 is 5.73 Å². The minimum atomic E-state index is 0.662. The highest BCUT2D eigenvalue weighted by Crippen LogP contribution is 2.22. The third-order valence-electron chi connectivity index (χ3n) is 2.98. The van der Waals surface area contributed by atoms with E-state index in [0.717, 1.165) is 12.5 Å². The second-order valence-corrected chi connectivity index (χ2v) is 4.89. The molecule has 0 spiro atoms. The smallest absolute Gasteiger partial charge is 0.0638 e. The van der Waals surface area contributed by atoms with E-state index in [1.807, 2.05) is 12.1 Å². The first kappa shape index (κ1) is 10.8. The number of halogens is 1. The van der Waals surface area contributed by atoms with Crippen molar-refractivity contribution >= 4 is 17.3 Å². The number of rotatable bonds is 2. The van der Waals surface area contributed by atoms with Crippen LogP contribution in [0.5, 0.6) is 0 Å². The topological polar surface area (TPSA) is 29.3 Å². The molecule has 2 nitrogen and oxygen atoms in total. The lowest BCUT2D eigenvalue weighted by Gasteiger charge is -2.15. The molecule has 0 aliphatic carbocycles. The van der Waals surface area contributed by atoms with Crippen molar-refractivity contribution < 1.29 is 0 Å². The summed E-state index contributed by atoms with van der Waals surface area (Å²) in [7, 11) is 0. The van der Waals surface area contributed by atoms with Crippen molar-refractivity contribution in [3.8, 4) is 0 Å². The van der Waals surface area contributed by atoms with E-state index in [0.29, 0.717) is 10.7 Å². The highest BCUT2D eigenvalue weighted by molar-refractivity contribution is 6.33. The fourth-order valence-corrected chi connectivity index (χ4v) is 2.30. The van der Waals surface area contributed by atoms with Gasteiger partial charge in [0, 0.05) is 13.1 Å². The van der Waals surface area contributed by atoms with Gasteiger partial charge in [-0.15, -0.1) is 0 Å². The summed E-state index contributed by atoms with van der Waals surface area (Å²) in [4.78, 5) is 2.46. The number of nitrogen functional groups attached to an aromatic ring is 1. The Kier molecular flexibility index (Phi) is 3.17. The first-order valence-electron chi connectivity index (χ1n) is 5.41. The molecule has 15 heavy (non-hydrogen) atoms. The number of likely N-dealkylation sites (tertiary alicyclic amines) is 1. The average molecular weight is 225 g/mol. The van der Waals surface area contributed by atoms with E-state index < -0.39 is 0 Å². The average Bonchev–Trinajstić information content (AvgIpc) is 2.58. The van der Waals surface area contributed by atoms with Gasteiger partial charge in [-0.3, -0.25) is 4.90 Å². The van der Waals surface area contributed by atoms with Crippen LogP contribution < -0.4 is 5.73 Å². The molecular formula is C12H17ClN2. The molecule has 1 atom stereocenters. The second kappa shape index (κ2) is 4.42. The Balaban J connectivity index is 2.02. The normalized spacial score (nSPS) is 22.1. The number of hydrogen-bond acceptors (Lipinski definition) is 2. The van der Waals surface area contributed by atoms with Crippen LogP contribution in [0.15, 0.2) is 18.2 Å². The fourth-order valence-electron chi connectivity index (χ4n) is 2.10. The molecule has 1 unspecified atom stereocenters. The predicted molar refractivity (Wildman–Crippen MR) is 64.9 cm³/mol. The Labute approximate surface area is 96.0 Å². The largest absolute Gasteiger partial charge is 0.398 e. The molecule has 1 aromatic rings. The zero-order valence-electron chi connectivity index (χ0n) is 9.04. The summed E-state index contributed by atoms with van der Waals surface area (Å²) in [6.45, 7) is 5.69. The van der Waals surface area contributed by atoms with Crippen molar-refractivity contribution in [3.05, 3.63) is 28.8 Å². The van der Waals surface area contributed by atoms with Crippen molar-refractivity contribution in [2.75, 3.05) is 18.8 Å². The molecule has 0 bridgehead atoms. The van der Waals surface area contributed by atoms with Crippen molar-refractivity contribution in [2.45, 2.75) is 19.9 Å². The molecule has 1 fully saturated rings. The highest BCUT2D eigenvalue weighted by Gasteiger charge is 2.18. The lowest BCUT2D eigenvalue weighted by atomic mass is 10.2. The lowest BCUT2D eigenvalue weighted by molar-refractivity contribution is 0.320. The molecular weight excluding hydrogens is 208 g/mol. The van der Waals surface area contributed by atoms with Crippen LogP contribution in [0.4, 0.5) is 5.69 Å². The predicted octanol–water partition coefficient (Wildman–Crippen LogP) is 2.76. The standard InChI is InChI=1S/C12H17ClN2/c1-9-4-5-15(7-9)8-10-2-3-12(14)11(13)6-10/h2-3,6,9H,4-5,7-8,14H2,1H3. The van der Waals surface area contributed by atoms with Gasteiger partial charge in [0.2, 0.25) is 0 Å². The van der Waals surface area contributed by atoms with Crippen LogP contribution >= 0.6 is 11.6 Å². The summed E-state index contributed by atoms with van der Waals surface area (Å²) >= 11 is 5.98. The zero-order valence-corrected chi connectivity index (χ0v) is 9.80. The third kappa shape index (κ3) is 2.64. The van der Waals surface area contributed by atoms with Crippen LogP contribution in [-0.4, -0.2) is 18.0 Å². The molecule has 0 aromatic heterocycles. The van der Waals surface area contributed by atoms with Gasteiger partial charge in [0.05, 0.1) is 10.7 Å².